The molecular weight excluding hydrogens is 609 g/mol. The number of hydrogen-bond acceptors (Lipinski definition) is 3. The first-order valence-electron chi connectivity index (χ1n) is 15.9. The SMILES string of the molecule is Cc1cc(-c2ccc(S(=O)(=O)c3ccccc3)cc2)ccc1-n1c2ccccc2c2cc(N(c3ccccc3)c3ccccc3)ccc21. The quantitative estimate of drug-likeness (QED) is 0.174. The summed E-state index contributed by atoms with van der Waals surface area (Å²) in [4.78, 5) is 2.87. The molecule has 0 spiro atoms. The lowest BCUT2D eigenvalue weighted by Gasteiger charge is -2.25. The van der Waals surface area contributed by atoms with Gasteiger partial charge < -0.3 is 9.47 Å². The molecular formula is C43H32N2O2S. The molecule has 7 aromatic carbocycles. The molecule has 4 nitrogen and oxygen atoms in total. The van der Waals surface area contributed by atoms with Gasteiger partial charge in [-0.3, -0.25) is 0 Å². The molecule has 0 unspecified atom stereocenters. The number of hydrogen-bond donors (Lipinski definition) is 0. The molecule has 232 valence electrons. The minimum atomic E-state index is -3.57. The van der Waals surface area contributed by atoms with Crippen LogP contribution in [0.1, 0.15) is 5.56 Å². The molecule has 0 aliphatic carbocycles. The van der Waals surface area contributed by atoms with Crippen molar-refractivity contribution in [3.8, 4) is 16.8 Å². The number of aromatic nitrogens is 1. The van der Waals surface area contributed by atoms with Gasteiger partial charge in [-0.1, -0.05) is 91.0 Å². The Bertz CT molecular complexity index is 2470. The van der Waals surface area contributed by atoms with E-state index >= 15 is 0 Å². The largest absolute Gasteiger partial charge is 0.310 e. The molecule has 0 atom stereocenters. The van der Waals surface area contributed by atoms with Gasteiger partial charge in [0, 0.05) is 33.5 Å². The Morgan fingerprint density at radius 1 is 0.458 bits per heavy atom. The van der Waals surface area contributed by atoms with Crippen molar-refractivity contribution in [2.24, 2.45) is 0 Å². The molecule has 0 N–H and O–H groups in total. The van der Waals surface area contributed by atoms with Gasteiger partial charge in [0.05, 0.1) is 20.8 Å². The number of aryl methyl sites for hydroxylation is 1. The molecule has 0 radical (unpaired) electrons. The highest BCUT2D eigenvalue weighted by Gasteiger charge is 2.19. The van der Waals surface area contributed by atoms with E-state index in [0.29, 0.717) is 4.90 Å². The van der Waals surface area contributed by atoms with E-state index in [1.807, 2.05) is 30.3 Å². The Morgan fingerprint density at radius 3 is 1.65 bits per heavy atom. The summed E-state index contributed by atoms with van der Waals surface area (Å²) < 4.78 is 28.6. The van der Waals surface area contributed by atoms with Gasteiger partial charge in [0.1, 0.15) is 0 Å². The van der Waals surface area contributed by atoms with E-state index in [0.717, 1.165) is 50.5 Å². The lowest BCUT2D eigenvalue weighted by Crippen LogP contribution is -2.09. The molecule has 1 heterocycles. The number of sulfone groups is 1. The van der Waals surface area contributed by atoms with E-state index in [-0.39, 0.29) is 4.90 Å². The second-order valence-electron chi connectivity index (χ2n) is 11.9. The molecule has 1 aromatic heterocycles. The summed E-state index contributed by atoms with van der Waals surface area (Å²) in [6, 6.07) is 58.4. The second kappa shape index (κ2) is 12.0. The van der Waals surface area contributed by atoms with Crippen molar-refractivity contribution >= 4 is 48.7 Å². The normalized spacial score (nSPS) is 11.6. The third-order valence-electron chi connectivity index (χ3n) is 8.93. The van der Waals surface area contributed by atoms with Gasteiger partial charge in [-0.25, -0.2) is 8.42 Å². The van der Waals surface area contributed by atoms with Gasteiger partial charge in [-0.15, -0.1) is 0 Å². The number of fused-ring (bicyclic) bond motifs is 3. The van der Waals surface area contributed by atoms with Crippen molar-refractivity contribution in [1.82, 2.24) is 4.57 Å². The average Bonchev–Trinajstić information content (AvgIpc) is 3.46. The third-order valence-corrected chi connectivity index (χ3v) is 10.7. The molecule has 48 heavy (non-hydrogen) atoms. The van der Waals surface area contributed by atoms with Crippen molar-refractivity contribution < 1.29 is 8.42 Å². The van der Waals surface area contributed by atoms with Crippen LogP contribution < -0.4 is 4.90 Å². The van der Waals surface area contributed by atoms with Gasteiger partial charge in [0.15, 0.2) is 0 Å². The minimum Gasteiger partial charge on any atom is -0.310 e. The monoisotopic (exact) mass is 640 g/mol. The highest BCUT2D eigenvalue weighted by molar-refractivity contribution is 7.91. The Morgan fingerprint density at radius 2 is 1.00 bits per heavy atom. The molecule has 0 aliphatic heterocycles. The number of anilines is 3. The molecule has 8 aromatic rings. The summed E-state index contributed by atoms with van der Waals surface area (Å²) >= 11 is 0. The van der Waals surface area contributed by atoms with Crippen molar-refractivity contribution in [1.29, 1.82) is 0 Å². The Hall–Kier alpha value is -5.91. The number of rotatable bonds is 7. The topological polar surface area (TPSA) is 42.3 Å². The fourth-order valence-electron chi connectivity index (χ4n) is 6.61. The van der Waals surface area contributed by atoms with E-state index in [2.05, 4.69) is 126 Å². The van der Waals surface area contributed by atoms with Crippen LogP contribution in [0.4, 0.5) is 17.1 Å². The molecule has 0 saturated heterocycles. The third kappa shape index (κ3) is 5.15. The van der Waals surface area contributed by atoms with Crippen LogP contribution in [0.3, 0.4) is 0 Å². The predicted molar refractivity (Wildman–Crippen MR) is 198 cm³/mol. The maximum atomic E-state index is 13.1. The van der Waals surface area contributed by atoms with Crippen molar-refractivity contribution in [2.45, 2.75) is 16.7 Å². The maximum absolute atomic E-state index is 13.1. The standard InChI is InChI=1S/C43H32N2O2S/c1-31-29-33(32-21-25-38(26-22-32)48(46,47)37-17-9-4-10-18-37)23-27-41(31)45-42-20-12-11-19-39(42)40-30-36(24-28-43(40)45)44(34-13-5-2-6-14-34)35-15-7-3-8-16-35/h2-30H,1H3. The molecule has 0 aliphatic rings. The van der Waals surface area contributed by atoms with Crippen LogP contribution in [0.5, 0.6) is 0 Å². The van der Waals surface area contributed by atoms with E-state index in [1.54, 1.807) is 36.4 Å². The van der Waals surface area contributed by atoms with Crippen LogP contribution in [0.2, 0.25) is 0 Å². The lowest BCUT2D eigenvalue weighted by atomic mass is 10.0. The molecule has 0 saturated carbocycles. The van der Waals surface area contributed by atoms with Crippen molar-refractivity contribution in [2.75, 3.05) is 4.90 Å². The van der Waals surface area contributed by atoms with Gasteiger partial charge >= 0.3 is 0 Å². The molecule has 0 amide bonds. The minimum absolute atomic E-state index is 0.286. The number of nitrogens with zero attached hydrogens (tertiary/aromatic N) is 2. The first-order chi connectivity index (χ1) is 23.5. The number of para-hydroxylation sites is 3. The molecule has 0 fully saturated rings. The maximum Gasteiger partial charge on any atom is 0.206 e. The van der Waals surface area contributed by atoms with Crippen molar-refractivity contribution in [3.05, 3.63) is 181 Å². The molecule has 5 heteroatoms. The smallest absolute Gasteiger partial charge is 0.206 e. The zero-order valence-corrected chi connectivity index (χ0v) is 27.2. The fourth-order valence-corrected chi connectivity index (χ4v) is 7.89. The van der Waals surface area contributed by atoms with Crippen LogP contribution in [-0.2, 0) is 9.84 Å². The summed E-state index contributed by atoms with van der Waals surface area (Å²) in [6.45, 7) is 2.13. The Labute approximate surface area is 280 Å². The fraction of sp³-hybridized carbons (Fsp3) is 0.0233. The summed E-state index contributed by atoms with van der Waals surface area (Å²) in [6.07, 6.45) is 0. The van der Waals surface area contributed by atoms with Crippen LogP contribution in [0.25, 0.3) is 38.6 Å². The highest BCUT2D eigenvalue weighted by atomic mass is 32.2. The summed E-state index contributed by atoms with van der Waals surface area (Å²) in [5.74, 6) is 0. The Balaban J connectivity index is 1.20. The van der Waals surface area contributed by atoms with Crippen LogP contribution in [0.15, 0.2) is 186 Å². The summed E-state index contributed by atoms with van der Waals surface area (Å²) in [5, 5.41) is 2.37. The second-order valence-corrected chi connectivity index (χ2v) is 13.9. The first-order valence-corrected chi connectivity index (χ1v) is 17.4. The van der Waals surface area contributed by atoms with E-state index in [1.165, 1.54) is 10.8 Å². The van der Waals surface area contributed by atoms with Gasteiger partial charge in [0.2, 0.25) is 9.84 Å². The van der Waals surface area contributed by atoms with Gasteiger partial charge in [-0.05, 0) is 109 Å². The molecule has 0 bridgehead atoms. The van der Waals surface area contributed by atoms with Crippen LogP contribution >= 0.6 is 0 Å². The Kier molecular flexibility index (Phi) is 7.39. The van der Waals surface area contributed by atoms with Gasteiger partial charge in [-0.2, -0.15) is 0 Å². The lowest BCUT2D eigenvalue weighted by molar-refractivity contribution is 0.596. The van der Waals surface area contributed by atoms with E-state index in [4.69, 9.17) is 0 Å². The van der Waals surface area contributed by atoms with Crippen LogP contribution in [-0.4, -0.2) is 13.0 Å². The zero-order valence-electron chi connectivity index (χ0n) is 26.4. The van der Waals surface area contributed by atoms with E-state index < -0.39 is 9.84 Å². The summed E-state index contributed by atoms with van der Waals surface area (Å²) in [7, 11) is -3.57. The zero-order chi connectivity index (χ0) is 32.7. The van der Waals surface area contributed by atoms with E-state index in [9.17, 15) is 8.42 Å². The average molecular weight is 641 g/mol. The van der Waals surface area contributed by atoms with Gasteiger partial charge in [0.25, 0.3) is 0 Å². The predicted octanol–water partition coefficient (Wildman–Crippen LogP) is 11.1. The number of benzene rings is 7. The summed E-state index contributed by atoms with van der Waals surface area (Å²) in [5.41, 5.74) is 9.78. The molecule has 8 rings (SSSR count). The highest BCUT2D eigenvalue weighted by Crippen LogP contribution is 2.40. The first kappa shape index (κ1) is 29.5. The van der Waals surface area contributed by atoms with Crippen molar-refractivity contribution in [3.63, 3.8) is 0 Å². The van der Waals surface area contributed by atoms with Crippen LogP contribution in [0, 0.1) is 6.92 Å².